The van der Waals surface area contributed by atoms with Crippen LogP contribution in [-0.4, -0.2) is 40.3 Å². The molecule has 1 aromatic carbocycles. The molecule has 0 aliphatic heterocycles. The van der Waals surface area contributed by atoms with E-state index in [9.17, 15) is 14.4 Å². The van der Waals surface area contributed by atoms with E-state index in [0.717, 1.165) is 35.8 Å². The molecule has 0 unspecified atom stereocenters. The average Bonchev–Trinajstić information content (AvgIpc) is 2.87. The van der Waals surface area contributed by atoms with Crippen molar-refractivity contribution in [3.63, 3.8) is 0 Å². The highest BCUT2D eigenvalue weighted by molar-refractivity contribution is 5.79. The SMILES string of the molecule is COc1ccc(CCn2c(=O)c3ncccc3n(CC(=O)NC3CCCCC3)c2=O)cc1OC. The van der Waals surface area contributed by atoms with Crippen LogP contribution in [-0.2, 0) is 24.3 Å². The van der Waals surface area contributed by atoms with E-state index in [4.69, 9.17) is 9.47 Å². The molecular formula is C25H30N4O5. The van der Waals surface area contributed by atoms with E-state index in [2.05, 4.69) is 10.3 Å². The van der Waals surface area contributed by atoms with E-state index in [1.54, 1.807) is 32.4 Å². The van der Waals surface area contributed by atoms with Crippen LogP contribution >= 0.6 is 0 Å². The summed E-state index contributed by atoms with van der Waals surface area (Å²) in [6, 6.07) is 8.91. The van der Waals surface area contributed by atoms with Crippen molar-refractivity contribution >= 4 is 16.9 Å². The molecule has 0 spiro atoms. The molecule has 1 N–H and O–H groups in total. The van der Waals surface area contributed by atoms with Crippen LogP contribution in [0.4, 0.5) is 0 Å². The lowest BCUT2D eigenvalue weighted by atomic mass is 9.95. The third kappa shape index (κ3) is 4.98. The van der Waals surface area contributed by atoms with Crippen LogP contribution in [0, 0.1) is 0 Å². The van der Waals surface area contributed by atoms with Crippen LogP contribution < -0.4 is 26.0 Å². The molecule has 1 amide bonds. The summed E-state index contributed by atoms with van der Waals surface area (Å²) in [6.07, 6.45) is 7.22. The number of hydrogen-bond donors (Lipinski definition) is 1. The number of carbonyl (C=O) groups excluding carboxylic acids is 1. The first kappa shape index (κ1) is 23.5. The maximum absolute atomic E-state index is 13.3. The lowest BCUT2D eigenvalue weighted by molar-refractivity contribution is -0.122. The van der Waals surface area contributed by atoms with Crippen molar-refractivity contribution in [1.82, 2.24) is 19.4 Å². The molecule has 0 atom stereocenters. The second kappa shape index (κ2) is 10.5. The number of carbonyl (C=O) groups is 1. The Balaban J connectivity index is 1.63. The minimum absolute atomic E-state index is 0.136. The minimum Gasteiger partial charge on any atom is -0.493 e. The van der Waals surface area contributed by atoms with Crippen molar-refractivity contribution in [3.8, 4) is 11.5 Å². The molecule has 180 valence electrons. The molecule has 4 rings (SSSR count). The van der Waals surface area contributed by atoms with Gasteiger partial charge in [-0.1, -0.05) is 25.3 Å². The maximum Gasteiger partial charge on any atom is 0.332 e. The highest BCUT2D eigenvalue weighted by Gasteiger charge is 2.19. The number of pyridine rings is 1. The van der Waals surface area contributed by atoms with E-state index < -0.39 is 11.2 Å². The molecule has 0 saturated heterocycles. The van der Waals surface area contributed by atoms with Crippen molar-refractivity contribution in [1.29, 1.82) is 0 Å². The molecule has 3 aromatic rings. The highest BCUT2D eigenvalue weighted by Crippen LogP contribution is 2.27. The largest absolute Gasteiger partial charge is 0.493 e. The van der Waals surface area contributed by atoms with Gasteiger partial charge in [-0.2, -0.15) is 0 Å². The van der Waals surface area contributed by atoms with Crippen LogP contribution in [0.3, 0.4) is 0 Å². The Bertz CT molecular complexity index is 1290. The van der Waals surface area contributed by atoms with Crippen molar-refractivity contribution < 1.29 is 14.3 Å². The van der Waals surface area contributed by atoms with Crippen molar-refractivity contribution in [2.75, 3.05) is 14.2 Å². The van der Waals surface area contributed by atoms with Crippen LogP contribution in [0.2, 0.25) is 0 Å². The van der Waals surface area contributed by atoms with E-state index >= 15 is 0 Å². The van der Waals surface area contributed by atoms with Gasteiger partial charge in [-0.25, -0.2) is 9.78 Å². The Morgan fingerprint density at radius 1 is 1.06 bits per heavy atom. The Morgan fingerprint density at radius 2 is 1.82 bits per heavy atom. The molecule has 0 bridgehead atoms. The molecule has 1 aliphatic carbocycles. The first-order valence-corrected chi connectivity index (χ1v) is 11.6. The second-order valence-corrected chi connectivity index (χ2v) is 8.54. The van der Waals surface area contributed by atoms with Crippen LogP contribution in [0.5, 0.6) is 11.5 Å². The second-order valence-electron chi connectivity index (χ2n) is 8.54. The van der Waals surface area contributed by atoms with Gasteiger partial charge in [-0.05, 0) is 49.1 Å². The lowest BCUT2D eigenvalue weighted by Crippen LogP contribution is -2.45. The number of aryl methyl sites for hydroxylation is 1. The molecule has 2 heterocycles. The third-order valence-corrected chi connectivity index (χ3v) is 6.33. The number of rotatable bonds is 8. The number of methoxy groups -OCH3 is 2. The number of hydrogen-bond acceptors (Lipinski definition) is 6. The Labute approximate surface area is 197 Å². The summed E-state index contributed by atoms with van der Waals surface area (Å²) in [4.78, 5) is 43.4. The standard InChI is InChI=1S/C25H30N4O5/c1-33-20-11-10-17(15-21(20)34-2)12-14-28-24(31)23-19(9-6-13-26-23)29(25(28)32)16-22(30)27-18-7-4-3-5-8-18/h6,9-11,13,15,18H,3-5,7-8,12,14,16H2,1-2H3,(H,27,30). The molecule has 34 heavy (non-hydrogen) atoms. The van der Waals surface area contributed by atoms with Gasteiger partial charge in [-0.15, -0.1) is 0 Å². The van der Waals surface area contributed by atoms with E-state index in [-0.39, 0.29) is 30.6 Å². The van der Waals surface area contributed by atoms with Gasteiger partial charge in [0.05, 0.1) is 19.7 Å². The Morgan fingerprint density at radius 3 is 2.56 bits per heavy atom. The molecule has 2 aromatic heterocycles. The van der Waals surface area contributed by atoms with Crippen LogP contribution in [0.1, 0.15) is 37.7 Å². The van der Waals surface area contributed by atoms with Crippen molar-refractivity contribution in [3.05, 3.63) is 62.9 Å². The summed E-state index contributed by atoms with van der Waals surface area (Å²) in [5, 5.41) is 3.04. The third-order valence-electron chi connectivity index (χ3n) is 6.33. The maximum atomic E-state index is 13.3. The molecule has 1 fully saturated rings. The van der Waals surface area contributed by atoms with E-state index in [1.807, 2.05) is 12.1 Å². The normalized spacial score (nSPS) is 14.2. The fourth-order valence-corrected chi connectivity index (χ4v) is 4.53. The number of nitrogens with one attached hydrogen (secondary N) is 1. The van der Waals surface area contributed by atoms with Gasteiger partial charge >= 0.3 is 5.69 Å². The topological polar surface area (TPSA) is 104 Å². The quantitative estimate of drug-likeness (QED) is 0.546. The van der Waals surface area contributed by atoms with Gasteiger partial charge in [0.25, 0.3) is 5.56 Å². The smallest absolute Gasteiger partial charge is 0.332 e. The zero-order valence-corrected chi connectivity index (χ0v) is 19.6. The number of fused-ring (bicyclic) bond motifs is 1. The monoisotopic (exact) mass is 466 g/mol. The number of nitrogens with zero attached hydrogens (tertiary/aromatic N) is 3. The molecule has 1 aliphatic rings. The number of benzene rings is 1. The van der Waals surface area contributed by atoms with Gasteiger partial charge in [0.1, 0.15) is 6.54 Å². The zero-order chi connectivity index (χ0) is 24.1. The Hall–Kier alpha value is -3.62. The van der Waals surface area contributed by atoms with Crippen LogP contribution in [0.25, 0.3) is 11.0 Å². The summed E-state index contributed by atoms with van der Waals surface area (Å²) in [7, 11) is 3.12. The molecule has 0 radical (unpaired) electrons. The van der Waals surface area contributed by atoms with E-state index in [0.29, 0.717) is 23.4 Å². The zero-order valence-electron chi connectivity index (χ0n) is 19.6. The average molecular weight is 467 g/mol. The van der Waals surface area contributed by atoms with Gasteiger partial charge < -0.3 is 14.8 Å². The highest BCUT2D eigenvalue weighted by atomic mass is 16.5. The fourth-order valence-electron chi connectivity index (χ4n) is 4.53. The summed E-state index contributed by atoms with van der Waals surface area (Å²) in [6.45, 7) is -0.0158. The number of amides is 1. The summed E-state index contributed by atoms with van der Waals surface area (Å²) >= 11 is 0. The molecule has 9 nitrogen and oxygen atoms in total. The fraction of sp³-hybridized carbons (Fsp3) is 0.440. The first-order chi connectivity index (χ1) is 16.5. The van der Waals surface area contributed by atoms with Crippen molar-refractivity contribution in [2.24, 2.45) is 0 Å². The van der Waals surface area contributed by atoms with Gasteiger partial charge in [0, 0.05) is 18.8 Å². The predicted octanol–water partition coefficient (Wildman–Crippen LogP) is 2.27. The molecule has 9 heteroatoms. The molecular weight excluding hydrogens is 436 g/mol. The first-order valence-electron chi connectivity index (χ1n) is 11.6. The molecule has 1 saturated carbocycles. The van der Waals surface area contributed by atoms with Gasteiger partial charge in [-0.3, -0.25) is 18.7 Å². The van der Waals surface area contributed by atoms with Gasteiger partial charge in [0.2, 0.25) is 5.91 Å². The van der Waals surface area contributed by atoms with E-state index in [1.165, 1.54) is 17.2 Å². The van der Waals surface area contributed by atoms with Crippen LogP contribution in [0.15, 0.2) is 46.1 Å². The summed E-state index contributed by atoms with van der Waals surface area (Å²) in [5.74, 6) is 0.943. The summed E-state index contributed by atoms with van der Waals surface area (Å²) in [5.41, 5.74) is 0.417. The number of aromatic nitrogens is 3. The van der Waals surface area contributed by atoms with Gasteiger partial charge in [0.15, 0.2) is 17.0 Å². The lowest BCUT2D eigenvalue weighted by Gasteiger charge is -2.23. The predicted molar refractivity (Wildman–Crippen MR) is 129 cm³/mol. The summed E-state index contributed by atoms with van der Waals surface area (Å²) < 4.78 is 13.1. The van der Waals surface area contributed by atoms with Crippen molar-refractivity contribution in [2.45, 2.75) is 57.7 Å². The number of ether oxygens (including phenoxy) is 2. The Kier molecular flexibility index (Phi) is 7.30. The minimum atomic E-state index is -0.523.